The van der Waals surface area contributed by atoms with Gasteiger partial charge in [0.15, 0.2) is 0 Å². The molecule has 0 fully saturated rings. The molecule has 0 aliphatic carbocycles. The van der Waals surface area contributed by atoms with Crippen LogP contribution in [0.3, 0.4) is 0 Å². The third kappa shape index (κ3) is 4.04. The first-order valence-electron chi connectivity index (χ1n) is 9.74. The lowest BCUT2D eigenvalue weighted by atomic mass is 10.1. The lowest BCUT2D eigenvalue weighted by Crippen LogP contribution is -2.29. The Hall–Kier alpha value is -3.78. The predicted molar refractivity (Wildman–Crippen MR) is 122 cm³/mol. The number of methoxy groups -OCH3 is 2. The number of nitrogens with zero attached hydrogens (tertiary/aromatic N) is 1. The number of benzene rings is 3. The Morgan fingerprint density at radius 3 is 1.94 bits per heavy atom. The first-order chi connectivity index (χ1) is 15.5. The number of rotatable bonds is 7. The van der Waals surface area contributed by atoms with Crippen molar-refractivity contribution in [2.45, 2.75) is 4.90 Å². The van der Waals surface area contributed by atoms with E-state index in [1.54, 1.807) is 54.6 Å². The Morgan fingerprint density at radius 2 is 1.41 bits per heavy atom. The summed E-state index contributed by atoms with van der Waals surface area (Å²) in [6.45, 7) is 0. The maximum atomic E-state index is 12.8. The van der Waals surface area contributed by atoms with E-state index >= 15 is 0 Å². The Morgan fingerprint density at radius 1 is 0.844 bits per heavy atom. The van der Waals surface area contributed by atoms with Crippen LogP contribution >= 0.6 is 11.8 Å². The molecule has 3 aromatic carbocycles. The quantitative estimate of drug-likeness (QED) is 0.429. The number of nitrogens with one attached hydrogen (secondary N) is 1. The molecule has 0 saturated heterocycles. The normalized spacial score (nSPS) is 12.5. The predicted octanol–water partition coefficient (Wildman–Crippen LogP) is 4.30. The van der Waals surface area contributed by atoms with Gasteiger partial charge in [0.1, 0.15) is 17.1 Å². The summed E-state index contributed by atoms with van der Waals surface area (Å²) in [6, 6.07) is 19.1. The van der Waals surface area contributed by atoms with E-state index in [0.717, 1.165) is 4.90 Å². The molecule has 32 heavy (non-hydrogen) atoms. The lowest BCUT2D eigenvalue weighted by Gasteiger charge is -2.14. The van der Waals surface area contributed by atoms with Crippen LogP contribution in [0.2, 0.25) is 0 Å². The SMILES string of the molecule is COc1cccc(OC)c1C(=O)Nc1ccc(SCN2C(=O)c3ccccc3C2=O)cc1. The van der Waals surface area contributed by atoms with Crippen LogP contribution < -0.4 is 14.8 Å². The van der Waals surface area contributed by atoms with Gasteiger partial charge in [0.25, 0.3) is 17.7 Å². The number of hydrogen-bond donors (Lipinski definition) is 1. The summed E-state index contributed by atoms with van der Waals surface area (Å²) in [5.41, 5.74) is 1.76. The molecule has 3 aromatic rings. The summed E-state index contributed by atoms with van der Waals surface area (Å²) in [6.07, 6.45) is 0. The van der Waals surface area contributed by atoms with Crippen LogP contribution in [0.1, 0.15) is 31.1 Å². The number of hydrogen-bond acceptors (Lipinski definition) is 6. The second kappa shape index (κ2) is 9.15. The number of fused-ring (bicyclic) bond motifs is 1. The second-order valence-electron chi connectivity index (χ2n) is 6.87. The van der Waals surface area contributed by atoms with Gasteiger partial charge in [-0.1, -0.05) is 18.2 Å². The molecule has 8 heteroatoms. The van der Waals surface area contributed by atoms with E-state index in [2.05, 4.69) is 5.32 Å². The Kier molecular flexibility index (Phi) is 6.13. The number of carbonyl (C=O) groups is 3. The van der Waals surface area contributed by atoms with Crippen LogP contribution in [0, 0.1) is 0 Å². The van der Waals surface area contributed by atoms with E-state index in [9.17, 15) is 14.4 Å². The van der Waals surface area contributed by atoms with Crippen molar-refractivity contribution < 1.29 is 23.9 Å². The van der Waals surface area contributed by atoms with E-state index in [-0.39, 0.29) is 23.6 Å². The lowest BCUT2D eigenvalue weighted by molar-refractivity contribution is 0.0683. The highest BCUT2D eigenvalue weighted by Crippen LogP contribution is 2.30. The first kappa shape index (κ1) is 21.5. The van der Waals surface area contributed by atoms with Gasteiger partial charge in [-0.15, -0.1) is 11.8 Å². The Labute approximate surface area is 189 Å². The van der Waals surface area contributed by atoms with Gasteiger partial charge < -0.3 is 14.8 Å². The van der Waals surface area contributed by atoms with Crippen molar-refractivity contribution in [3.63, 3.8) is 0 Å². The maximum Gasteiger partial charge on any atom is 0.263 e. The molecule has 0 atom stereocenters. The smallest absolute Gasteiger partial charge is 0.263 e. The van der Waals surface area contributed by atoms with Crippen molar-refractivity contribution in [3.8, 4) is 11.5 Å². The van der Waals surface area contributed by atoms with Gasteiger partial charge in [-0.3, -0.25) is 19.3 Å². The Bertz CT molecular complexity index is 1140. The molecule has 0 radical (unpaired) electrons. The van der Waals surface area contributed by atoms with Crippen molar-refractivity contribution in [2.75, 3.05) is 25.4 Å². The molecule has 0 unspecified atom stereocenters. The fourth-order valence-corrected chi connectivity index (χ4v) is 4.24. The minimum absolute atomic E-state index is 0.205. The highest BCUT2D eigenvalue weighted by molar-refractivity contribution is 7.99. The third-order valence-corrected chi connectivity index (χ3v) is 6.00. The molecule has 1 heterocycles. The third-order valence-electron chi connectivity index (χ3n) is 5.01. The average Bonchev–Trinajstić information content (AvgIpc) is 3.07. The average molecular weight is 449 g/mol. The molecular weight excluding hydrogens is 428 g/mol. The number of amides is 3. The van der Waals surface area contributed by atoms with Crippen LogP contribution in [0.5, 0.6) is 11.5 Å². The molecule has 0 aromatic heterocycles. The van der Waals surface area contributed by atoms with Crippen molar-refractivity contribution in [1.82, 2.24) is 4.90 Å². The molecule has 162 valence electrons. The maximum absolute atomic E-state index is 12.8. The Balaban J connectivity index is 1.41. The van der Waals surface area contributed by atoms with Gasteiger partial charge in [0.05, 0.1) is 31.2 Å². The summed E-state index contributed by atoms with van der Waals surface area (Å²) in [4.78, 5) is 39.8. The van der Waals surface area contributed by atoms with Gasteiger partial charge in [0, 0.05) is 10.6 Å². The molecule has 4 rings (SSSR count). The van der Waals surface area contributed by atoms with E-state index in [1.165, 1.54) is 30.9 Å². The molecule has 3 amide bonds. The van der Waals surface area contributed by atoms with Crippen molar-refractivity contribution in [3.05, 3.63) is 83.4 Å². The highest BCUT2D eigenvalue weighted by atomic mass is 32.2. The fourth-order valence-electron chi connectivity index (χ4n) is 3.40. The van der Waals surface area contributed by atoms with Gasteiger partial charge in [-0.05, 0) is 48.5 Å². The molecule has 1 aliphatic rings. The molecular formula is C24H20N2O5S. The molecule has 0 spiro atoms. The summed E-state index contributed by atoms with van der Waals surface area (Å²) in [5, 5.41) is 2.83. The molecule has 0 saturated carbocycles. The van der Waals surface area contributed by atoms with E-state index < -0.39 is 0 Å². The van der Waals surface area contributed by atoms with Crippen LogP contribution in [-0.4, -0.2) is 42.7 Å². The van der Waals surface area contributed by atoms with Gasteiger partial charge in [-0.25, -0.2) is 0 Å². The summed E-state index contributed by atoms with van der Waals surface area (Å²) in [5.74, 6) is 0.104. The number of imide groups is 1. The van der Waals surface area contributed by atoms with E-state index in [0.29, 0.717) is 33.9 Å². The summed E-state index contributed by atoms with van der Waals surface area (Å²) >= 11 is 1.36. The van der Waals surface area contributed by atoms with Crippen LogP contribution in [0.4, 0.5) is 5.69 Å². The minimum atomic E-state index is -0.356. The van der Waals surface area contributed by atoms with Gasteiger partial charge in [-0.2, -0.15) is 0 Å². The van der Waals surface area contributed by atoms with Gasteiger partial charge in [0.2, 0.25) is 0 Å². The molecule has 0 bridgehead atoms. The number of thioether (sulfide) groups is 1. The molecule has 7 nitrogen and oxygen atoms in total. The number of anilines is 1. The standard InChI is InChI=1S/C24H20N2O5S/c1-30-19-8-5-9-20(31-2)21(19)22(27)25-15-10-12-16(13-11-15)32-14-26-23(28)17-6-3-4-7-18(17)24(26)29/h3-13H,14H2,1-2H3,(H,25,27). The minimum Gasteiger partial charge on any atom is -0.496 e. The zero-order valence-electron chi connectivity index (χ0n) is 17.5. The highest BCUT2D eigenvalue weighted by Gasteiger charge is 2.34. The molecule has 1 N–H and O–H groups in total. The van der Waals surface area contributed by atoms with Crippen molar-refractivity contribution in [1.29, 1.82) is 0 Å². The topological polar surface area (TPSA) is 84.9 Å². The van der Waals surface area contributed by atoms with E-state index in [4.69, 9.17) is 9.47 Å². The van der Waals surface area contributed by atoms with Crippen LogP contribution in [0.15, 0.2) is 71.6 Å². The van der Waals surface area contributed by atoms with E-state index in [1.807, 2.05) is 12.1 Å². The fraction of sp³-hybridized carbons (Fsp3) is 0.125. The van der Waals surface area contributed by atoms with Crippen LogP contribution in [-0.2, 0) is 0 Å². The summed E-state index contributed by atoms with van der Waals surface area (Å²) < 4.78 is 10.6. The monoisotopic (exact) mass is 448 g/mol. The van der Waals surface area contributed by atoms with Crippen molar-refractivity contribution >= 4 is 35.2 Å². The van der Waals surface area contributed by atoms with Crippen LogP contribution in [0.25, 0.3) is 0 Å². The zero-order chi connectivity index (χ0) is 22.7. The second-order valence-corrected chi connectivity index (χ2v) is 7.89. The number of ether oxygens (including phenoxy) is 2. The molecule has 1 aliphatic heterocycles. The number of carbonyl (C=O) groups excluding carboxylic acids is 3. The summed E-state index contributed by atoms with van der Waals surface area (Å²) in [7, 11) is 2.98. The van der Waals surface area contributed by atoms with Gasteiger partial charge >= 0.3 is 0 Å². The largest absolute Gasteiger partial charge is 0.496 e. The zero-order valence-corrected chi connectivity index (χ0v) is 18.3. The first-order valence-corrected chi connectivity index (χ1v) is 10.7. The van der Waals surface area contributed by atoms with Crippen molar-refractivity contribution in [2.24, 2.45) is 0 Å².